The average Bonchev–Trinajstić information content (AvgIpc) is 3.22. The fraction of sp³-hybridized carbons (Fsp3) is 0.500. The van der Waals surface area contributed by atoms with E-state index in [1.54, 1.807) is 0 Å². The van der Waals surface area contributed by atoms with Crippen molar-refractivity contribution in [3.05, 3.63) is 29.8 Å². The van der Waals surface area contributed by atoms with Crippen LogP contribution in [-0.4, -0.2) is 32.1 Å². The summed E-state index contributed by atoms with van der Waals surface area (Å²) in [5.74, 6) is -0.183. The molecule has 3 rings (SSSR count). The van der Waals surface area contributed by atoms with Crippen LogP contribution in [0.1, 0.15) is 18.4 Å². The van der Waals surface area contributed by atoms with Crippen molar-refractivity contribution in [3.63, 3.8) is 0 Å². The van der Waals surface area contributed by atoms with Crippen LogP contribution in [-0.2, 0) is 10.2 Å². The van der Waals surface area contributed by atoms with Crippen LogP contribution in [0, 0.1) is 0 Å². The predicted molar refractivity (Wildman–Crippen MR) is 71.6 cm³/mol. The average molecular weight is 245 g/mol. The molecule has 1 amide bonds. The molecule has 1 aromatic carbocycles. The first-order valence-corrected chi connectivity index (χ1v) is 6.58. The normalized spacial score (nSPS) is 21.7. The summed E-state index contributed by atoms with van der Waals surface area (Å²) in [6.45, 7) is 4.15. The number of nitrogens with zero attached hydrogens (tertiary/aromatic N) is 1. The van der Waals surface area contributed by atoms with Gasteiger partial charge in [0.2, 0.25) is 5.91 Å². The highest BCUT2D eigenvalue weighted by molar-refractivity contribution is 5.89. The topological polar surface area (TPSA) is 58.4 Å². The van der Waals surface area contributed by atoms with Crippen LogP contribution in [0.25, 0.3) is 0 Å². The van der Waals surface area contributed by atoms with E-state index in [9.17, 15) is 4.79 Å². The van der Waals surface area contributed by atoms with E-state index in [4.69, 9.17) is 5.73 Å². The van der Waals surface area contributed by atoms with Gasteiger partial charge in [0.05, 0.1) is 5.41 Å². The number of nitrogens with one attached hydrogen (secondary N) is 1. The van der Waals surface area contributed by atoms with Crippen molar-refractivity contribution >= 4 is 11.6 Å². The Hall–Kier alpha value is -1.55. The molecule has 3 N–H and O–H groups in total. The van der Waals surface area contributed by atoms with Crippen LogP contribution in [0.4, 0.5) is 5.69 Å². The molecule has 0 atom stereocenters. The van der Waals surface area contributed by atoms with Gasteiger partial charge < -0.3 is 16.0 Å². The van der Waals surface area contributed by atoms with Crippen LogP contribution >= 0.6 is 0 Å². The van der Waals surface area contributed by atoms with Gasteiger partial charge in [-0.3, -0.25) is 4.79 Å². The second-order valence-corrected chi connectivity index (χ2v) is 5.23. The smallest absolute Gasteiger partial charge is 0.228 e. The molecular formula is C14H19N3O. The summed E-state index contributed by atoms with van der Waals surface area (Å²) in [6, 6.07) is 8.36. The molecule has 96 valence electrons. The molecule has 1 aliphatic carbocycles. The second-order valence-electron chi connectivity index (χ2n) is 5.23. The Kier molecular flexibility index (Phi) is 2.74. The maximum Gasteiger partial charge on any atom is 0.228 e. The first-order valence-electron chi connectivity index (χ1n) is 6.58. The number of rotatable bonds is 3. The van der Waals surface area contributed by atoms with Gasteiger partial charge in [-0.25, -0.2) is 0 Å². The lowest BCUT2D eigenvalue weighted by Crippen LogP contribution is -2.43. The standard InChI is InChI=1S/C14H19N3O/c15-13(18)14(5-6-14)11-1-3-12(4-2-11)17-9-7-16-8-10-17/h1-4,16H,5-10H2,(H2,15,18). The molecule has 4 nitrogen and oxygen atoms in total. The number of nitrogens with two attached hydrogens (primary N) is 1. The first kappa shape index (κ1) is 11.5. The number of hydrogen-bond donors (Lipinski definition) is 2. The van der Waals surface area contributed by atoms with E-state index in [2.05, 4.69) is 34.5 Å². The lowest BCUT2D eigenvalue weighted by atomic mass is 9.95. The zero-order chi connectivity index (χ0) is 12.6. The fourth-order valence-corrected chi connectivity index (χ4v) is 2.72. The third-order valence-corrected chi connectivity index (χ3v) is 4.12. The Morgan fingerprint density at radius 1 is 1.17 bits per heavy atom. The van der Waals surface area contributed by atoms with Gasteiger partial charge in [-0.1, -0.05) is 12.1 Å². The monoisotopic (exact) mass is 245 g/mol. The van der Waals surface area contributed by atoms with E-state index in [1.165, 1.54) is 5.69 Å². The summed E-state index contributed by atoms with van der Waals surface area (Å²) < 4.78 is 0. The number of anilines is 1. The Labute approximate surface area is 107 Å². The maximum absolute atomic E-state index is 11.5. The van der Waals surface area contributed by atoms with Gasteiger partial charge >= 0.3 is 0 Å². The number of carbonyl (C=O) groups excluding carboxylic acids is 1. The molecule has 0 unspecified atom stereocenters. The molecule has 1 aliphatic heterocycles. The summed E-state index contributed by atoms with van der Waals surface area (Å²) in [5, 5.41) is 3.34. The fourth-order valence-electron chi connectivity index (χ4n) is 2.72. The number of hydrogen-bond acceptors (Lipinski definition) is 3. The zero-order valence-electron chi connectivity index (χ0n) is 10.5. The van der Waals surface area contributed by atoms with E-state index >= 15 is 0 Å². The van der Waals surface area contributed by atoms with Crippen LogP contribution in [0.3, 0.4) is 0 Å². The molecule has 18 heavy (non-hydrogen) atoms. The Morgan fingerprint density at radius 2 is 1.78 bits per heavy atom. The molecular weight excluding hydrogens is 226 g/mol. The van der Waals surface area contributed by atoms with Crippen molar-refractivity contribution in [3.8, 4) is 0 Å². The van der Waals surface area contributed by atoms with Crippen LogP contribution in [0.5, 0.6) is 0 Å². The van der Waals surface area contributed by atoms with Crippen molar-refractivity contribution in [2.45, 2.75) is 18.3 Å². The summed E-state index contributed by atoms with van der Waals surface area (Å²) in [5.41, 5.74) is 7.44. The van der Waals surface area contributed by atoms with Gasteiger partial charge in [0, 0.05) is 31.9 Å². The van der Waals surface area contributed by atoms with Gasteiger partial charge in [0.25, 0.3) is 0 Å². The SMILES string of the molecule is NC(=O)C1(c2ccc(N3CCNCC3)cc2)CC1. The molecule has 1 saturated heterocycles. The first-order chi connectivity index (χ1) is 8.72. The van der Waals surface area contributed by atoms with Crippen molar-refractivity contribution < 1.29 is 4.79 Å². The van der Waals surface area contributed by atoms with E-state index in [0.29, 0.717) is 0 Å². The minimum absolute atomic E-state index is 0.183. The lowest BCUT2D eigenvalue weighted by molar-refractivity contribution is -0.120. The minimum atomic E-state index is -0.359. The largest absolute Gasteiger partial charge is 0.369 e. The molecule has 1 saturated carbocycles. The van der Waals surface area contributed by atoms with Crippen molar-refractivity contribution in [2.75, 3.05) is 31.1 Å². The Morgan fingerprint density at radius 3 is 2.28 bits per heavy atom. The molecule has 4 heteroatoms. The third kappa shape index (κ3) is 1.86. The van der Waals surface area contributed by atoms with Gasteiger partial charge in [-0.05, 0) is 30.5 Å². The van der Waals surface area contributed by atoms with E-state index in [-0.39, 0.29) is 11.3 Å². The molecule has 2 aliphatic rings. The summed E-state index contributed by atoms with van der Waals surface area (Å²) in [4.78, 5) is 13.8. The Bertz CT molecular complexity index is 445. The van der Waals surface area contributed by atoms with Gasteiger partial charge in [-0.15, -0.1) is 0 Å². The second kappa shape index (κ2) is 4.28. The highest BCUT2D eigenvalue weighted by Crippen LogP contribution is 2.48. The summed E-state index contributed by atoms with van der Waals surface area (Å²) in [7, 11) is 0. The molecule has 1 heterocycles. The number of piperazine rings is 1. The van der Waals surface area contributed by atoms with Gasteiger partial charge in [-0.2, -0.15) is 0 Å². The van der Waals surface area contributed by atoms with Crippen molar-refractivity contribution in [1.82, 2.24) is 5.32 Å². The number of primary amides is 1. The summed E-state index contributed by atoms with van der Waals surface area (Å²) in [6.07, 6.45) is 1.80. The number of carbonyl (C=O) groups is 1. The van der Waals surface area contributed by atoms with Gasteiger partial charge in [0.15, 0.2) is 0 Å². The molecule has 0 radical (unpaired) electrons. The molecule has 0 bridgehead atoms. The molecule has 0 spiro atoms. The minimum Gasteiger partial charge on any atom is -0.369 e. The maximum atomic E-state index is 11.5. The highest BCUT2D eigenvalue weighted by Gasteiger charge is 2.49. The summed E-state index contributed by atoms with van der Waals surface area (Å²) >= 11 is 0. The van der Waals surface area contributed by atoms with Gasteiger partial charge in [0.1, 0.15) is 0 Å². The lowest BCUT2D eigenvalue weighted by Gasteiger charge is -2.29. The predicted octanol–water partition coefficient (Wildman–Crippen LogP) is 0.613. The molecule has 0 aromatic heterocycles. The highest BCUT2D eigenvalue weighted by atomic mass is 16.1. The van der Waals surface area contributed by atoms with E-state index < -0.39 is 0 Å². The quantitative estimate of drug-likeness (QED) is 0.820. The van der Waals surface area contributed by atoms with E-state index in [0.717, 1.165) is 44.6 Å². The van der Waals surface area contributed by atoms with Crippen LogP contribution in [0.15, 0.2) is 24.3 Å². The van der Waals surface area contributed by atoms with Crippen LogP contribution in [0.2, 0.25) is 0 Å². The zero-order valence-corrected chi connectivity index (χ0v) is 10.5. The third-order valence-electron chi connectivity index (χ3n) is 4.12. The molecule has 1 aromatic rings. The number of benzene rings is 1. The van der Waals surface area contributed by atoms with E-state index in [1.807, 2.05) is 0 Å². The van der Waals surface area contributed by atoms with Crippen molar-refractivity contribution in [1.29, 1.82) is 0 Å². The Balaban J connectivity index is 1.79. The molecule has 2 fully saturated rings. The van der Waals surface area contributed by atoms with Crippen LogP contribution < -0.4 is 16.0 Å². The number of amides is 1. The van der Waals surface area contributed by atoms with Crippen molar-refractivity contribution in [2.24, 2.45) is 5.73 Å².